The van der Waals surface area contributed by atoms with Gasteiger partial charge in [0.05, 0.1) is 72.4 Å². The second-order valence-electron chi connectivity index (χ2n) is 28.2. The number of nitrogens with zero attached hydrogens (tertiary/aromatic N) is 9. The Hall–Kier alpha value is -4.46. The van der Waals surface area contributed by atoms with Crippen LogP contribution in [0.15, 0.2) is 46.6 Å². The number of ether oxygens (including phenoxy) is 1. The molecular formula is C76H122F3N9OS5. The summed E-state index contributed by atoms with van der Waals surface area (Å²) in [5.74, 6) is 5.83. The van der Waals surface area contributed by atoms with Crippen molar-refractivity contribution in [2.75, 3.05) is 6.61 Å². The van der Waals surface area contributed by atoms with Crippen molar-refractivity contribution < 1.29 is 17.9 Å². The maximum Gasteiger partial charge on any atom is 0.434 e. The number of aromatic nitrogens is 9. The van der Waals surface area contributed by atoms with Gasteiger partial charge in [-0.25, -0.2) is 24.9 Å². The molecule has 1 aliphatic rings. The van der Waals surface area contributed by atoms with Gasteiger partial charge in [0, 0.05) is 57.3 Å². The van der Waals surface area contributed by atoms with Crippen LogP contribution in [0.4, 0.5) is 13.2 Å². The number of thiazole rings is 5. The minimum atomic E-state index is -4.31. The van der Waals surface area contributed by atoms with Gasteiger partial charge < -0.3 is 4.74 Å². The molecule has 0 bridgehead atoms. The Bertz CT molecular complexity index is 3320. The van der Waals surface area contributed by atoms with Crippen molar-refractivity contribution in [2.45, 2.75) is 256 Å². The van der Waals surface area contributed by atoms with Crippen LogP contribution in [0.5, 0.6) is 0 Å². The molecule has 8 heterocycles. The van der Waals surface area contributed by atoms with Crippen LogP contribution in [0, 0.1) is 103 Å². The molecule has 94 heavy (non-hydrogen) atoms. The Kier molecular flexibility index (Phi) is 39.2. The van der Waals surface area contributed by atoms with Crippen LogP contribution >= 0.6 is 56.7 Å². The van der Waals surface area contributed by atoms with Gasteiger partial charge in [0.1, 0.15) is 0 Å². The lowest BCUT2D eigenvalue weighted by atomic mass is 9.92. The smallest absolute Gasteiger partial charge is 0.373 e. The summed E-state index contributed by atoms with van der Waals surface area (Å²) in [6, 6.07) is 8.67. The van der Waals surface area contributed by atoms with E-state index in [9.17, 15) is 13.2 Å². The van der Waals surface area contributed by atoms with Crippen molar-refractivity contribution in [3.05, 3.63) is 149 Å². The summed E-state index contributed by atoms with van der Waals surface area (Å²) in [4.78, 5) is 23.0. The van der Waals surface area contributed by atoms with Gasteiger partial charge in [0.2, 0.25) is 0 Å². The first-order valence-electron chi connectivity index (χ1n) is 34.2. The van der Waals surface area contributed by atoms with E-state index >= 15 is 0 Å². The number of aryl methyl sites for hydroxylation is 9. The first-order valence-corrected chi connectivity index (χ1v) is 38.5. The number of fused-ring (bicyclic) bond motifs is 1. The Labute approximate surface area is 588 Å². The third-order valence-electron chi connectivity index (χ3n) is 15.2. The maximum atomic E-state index is 12.5. The fourth-order valence-corrected chi connectivity index (χ4v) is 14.4. The molecule has 2 unspecified atom stereocenters. The summed E-state index contributed by atoms with van der Waals surface area (Å²) < 4.78 is 47.1. The fraction of sp³-hybridized carbons (Fsp3) is 0.645. The van der Waals surface area contributed by atoms with E-state index in [1.165, 1.54) is 93.4 Å². The summed E-state index contributed by atoms with van der Waals surface area (Å²) in [5.41, 5.74) is 13.8. The lowest BCUT2D eigenvalue weighted by Crippen LogP contribution is -2.17. The van der Waals surface area contributed by atoms with E-state index in [4.69, 9.17) is 4.74 Å². The third-order valence-corrected chi connectivity index (χ3v) is 19.9. The average Bonchev–Trinajstić information content (AvgIpc) is 1.25. The molecule has 7 aromatic heterocycles. The maximum absolute atomic E-state index is 12.5. The number of hydrogen-bond acceptors (Lipinski definition) is 13. The molecule has 0 radical (unpaired) electrons. The van der Waals surface area contributed by atoms with Crippen molar-refractivity contribution in [1.29, 1.82) is 0 Å². The molecule has 9 rings (SSSR count). The molecule has 528 valence electrons. The van der Waals surface area contributed by atoms with E-state index in [1.54, 1.807) is 40.9 Å². The van der Waals surface area contributed by atoms with Crippen molar-refractivity contribution in [2.24, 2.45) is 61.4 Å². The lowest BCUT2D eigenvalue weighted by molar-refractivity contribution is -0.141. The zero-order valence-corrected chi connectivity index (χ0v) is 67.2. The van der Waals surface area contributed by atoms with Gasteiger partial charge in [0.25, 0.3) is 0 Å². The standard InChI is InChI=1S/C13H18O.C10H18N2.C9H12F3NS.C9H16N2.3C9H15NS.C8H13NS/c1-10(2)9-13-12-6-4-3-5-11(12)7-8-14-13;1-7(2)6-10-8(3)11-12(5)9(10)4;1-5(2)4-7-8(9(10,11)12)13-6(3)14-7;1-7(2)5-9-6-10-11(4)8(9)3;1-6(2)7(3)9-5-11-8(4)10-9;1-6(2)5-9-7(3)10-8(4)11-9;1-4-9-10-8(6-11-9)5-7(2)3;1-6(2)4-8-5-10-7(3)9-8/h3-6,10,13H,7-9H2,1-2H3;7H,6H2,1-5H3;5H,4H2,1-3H3;6-7H,5H2,1-4H3;5-7H,1-4H3;6H,5H2,1-4H3;6-7H,4-5H2,1-3H3;5-6H,4H2,1-3H3. The van der Waals surface area contributed by atoms with Gasteiger partial charge in [-0.15, -0.1) is 56.7 Å². The first-order chi connectivity index (χ1) is 43.8. The highest BCUT2D eigenvalue weighted by molar-refractivity contribution is 7.12. The van der Waals surface area contributed by atoms with Crippen LogP contribution in [0.3, 0.4) is 0 Å². The van der Waals surface area contributed by atoms with E-state index < -0.39 is 11.9 Å². The number of hydrogen-bond donors (Lipinski definition) is 0. The Morgan fingerprint density at radius 3 is 1.50 bits per heavy atom. The Morgan fingerprint density at radius 1 is 0.543 bits per heavy atom. The van der Waals surface area contributed by atoms with Gasteiger partial charge in [0.15, 0.2) is 5.69 Å². The Morgan fingerprint density at radius 2 is 1.06 bits per heavy atom. The van der Waals surface area contributed by atoms with Crippen molar-refractivity contribution in [1.82, 2.24) is 44.5 Å². The highest BCUT2D eigenvalue weighted by Gasteiger charge is 2.37. The highest BCUT2D eigenvalue weighted by atomic mass is 32.1. The molecule has 0 N–H and O–H groups in total. The highest BCUT2D eigenvalue weighted by Crippen LogP contribution is 2.36. The largest absolute Gasteiger partial charge is 0.434 e. The summed E-state index contributed by atoms with van der Waals surface area (Å²) in [6.07, 6.45) is 7.42. The second-order valence-corrected chi connectivity index (χ2v) is 33.8. The number of alkyl halides is 3. The molecule has 0 saturated carbocycles. The van der Waals surface area contributed by atoms with Crippen molar-refractivity contribution >= 4 is 56.7 Å². The molecule has 1 aromatic carbocycles. The van der Waals surface area contributed by atoms with Gasteiger partial charge in [-0.05, 0) is 183 Å². The molecule has 0 fully saturated rings. The van der Waals surface area contributed by atoms with Gasteiger partial charge in [-0.1, -0.05) is 149 Å². The SMILES string of the molecule is CC(C)CC1OCCc2ccccc21.CCc1nc(CC(C)C)cs1.Cc1c(CC(C)C)cnn1C.Cc1nc(C(C)C(C)C)cs1.Cc1nc(C(F)(F)F)c(CC(C)C)s1.Cc1nc(C)c(CC(C)C)s1.Cc1nc(CC(C)C)cs1.Cc1nn(C)c(C)c1CC(C)C. The first kappa shape index (κ1) is 85.6. The van der Waals surface area contributed by atoms with Gasteiger partial charge in [-0.3, -0.25) is 9.36 Å². The van der Waals surface area contributed by atoms with Crippen molar-refractivity contribution in [3.63, 3.8) is 0 Å². The molecule has 8 aromatic rings. The quantitative estimate of drug-likeness (QED) is 0.0887. The van der Waals surface area contributed by atoms with Crippen LogP contribution in [-0.2, 0) is 76.4 Å². The fourth-order valence-electron chi connectivity index (χ4n) is 10.0. The summed E-state index contributed by atoms with van der Waals surface area (Å²) in [5, 5.41) is 20.3. The van der Waals surface area contributed by atoms with Gasteiger partial charge >= 0.3 is 6.18 Å². The summed E-state index contributed by atoms with van der Waals surface area (Å²) >= 11 is 8.22. The minimum absolute atomic E-state index is 0.218. The molecule has 0 amide bonds. The summed E-state index contributed by atoms with van der Waals surface area (Å²) in [6.45, 7) is 56.6. The van der Waals surface area contributed by atoms with Crippen molar-refractivity contribution in [3.8, 4) is 0 Å². The van der Waals surface area contributed by atoms with Crippen LogP contribution in [0.1, 0.15) is 246 Å². The average molecular weight is 1400 g/mol. The Balaban J connectivity index is 0.000000367. The zero-order chi connectivity index (χ0) is 71.3. The molecular weight excluding hydrogens is 1270 g/mol. The van der Waals surface area contributed by atoms with E-state index in [-0.39, 0.29) is 5.92 Å². The van der Waals surface area contributed by atoms with E-state index in [1.807, 2.05) is 54.8 Å². The molecule has 18 heteroatoms. The van der Waals surface area contributed by atoms with Gasteiger partial charge in [-0.2, -0.15) is 23.4 Å². The second kappa shape index (κ2) is 43.1. The number of rotatable bonds is 17. The normalized spacial score (nSPS) is 13.0. The topological polar surface area (TPSA) is 109 Å². The van der Waals surface area contributed by atoms with E-state index in [2.05, 4.69) is 235 Å². The van der Waals surface area contributed by atoms with E-state index in [0.717, 1.165) is 86.6 Å². The minimum Gasteiger partial charge on any atom is -0.373 e. The molecule has 1 aliphatic heterocycles. The predicted molar refractivity (Wildman–Crippen MR) is 402 cm³/mol. The van der Waals surface area contributed by atoms with Crippen LogP contribution in [0.2, 0.25) is 0 Å². The molecule has 10 nitrogen and oxygen atoms in total. The van der Waals surface area contributed by atoms with Crippen LogP contribution < -0.4 is 0 Å². The monoisotopic (exact) mass is 1390 g/mol. The number of halogens is 3. The molecule has 0 spiro atoms. The molecule has 2 atom stereocenters. The predicted octanol–water partition coefficient (Wildman–Crippen LogP) is 22.9. The van der Waals surface area contributed by atoms with Crippen LogP contribution in [-0.4, -0.2) is 51.1 Å². The summed E-state index contributed by atoms with van der Waals surface area (Å²) in [7, 11) is 3.99. The molecule has 0 saturated heterocycles. The van der Waals surface area contributed by atoms with Crippen LogP contribution in [0.25, 0.3) is 0 Å². The number of benzene rings is 1. The van der Waals surface area contributed by atoms with E-state index in [0.29, 0.717) is 46.1 Å². The third kappa shape index (κ3) is 33.2. The lowest BCUT2D eigenvalue weighted by Gasteiger charge is -2.27. The zero-order valence-electron chi connectivity index (χ0n) is 63.1. The molecule has 0 aliphatic carbocycles.